The summed E-state index contributed by atoms with van der Waals surface area (Å²) in [5.41, 5.74) is 1.55. The molecule has 4 nitrogen and oxygen atoms in total. The van der Waals surface area contributed by atoms with Crippen LogP contribution in [0.3, 0.4) is 0 Å². The second kappa shape index (κ2) is 3.57. The molecule has 4 heteroatoms. The summed E-state index contributed by atoms with van der Waals surface area (Å²) in [6.45, 7) is 4.07. The first-order valence-corrected chi connectivity index (χ1v) is 4.49. The van der Waals surface area contributed by atoms with E-state index in [2.05, 4.69) is 15.0 Å². The Labute approximate surface area is 82.0 Å². The molecule has 14 heavy (non-hydrogen) atoms. The van der Waals surface area contributed by atoms with Crippen LogP contribution in [0.25, 0.3) is 11.4 Å². The standard InChI is InChI=1S/C10H11N3O/c1-7(2)10-13-9(5-14-10)8-3-4-11-6-12-8/h3-7H,1-2H3. The summed E-state index contributed by atoms with van der Waals surface area (Å²) >= 11 is 0. The zero-order chi connectivity index (χ0) is 9.97. The molecule has 0 bridgehead atoms. The van der Waals surface area contributed by atoms with Crippen LogP contribution >= 0.6 is 0 Å². The summed E-state index contributed by atoms with van der Waals surface area (Å²) in [7, 11) is 0. The summed E-state index contributed by atoms with van der Waals surface area (Å²) in [6, 6.07) is 1.81. The quantitative estimate of drug-likeness (QED) is 0.727. The number of aromatic nitrogens is 3. The minimum Gasteiger partial charge on any atom is -0.448 e. The molecule has 0 atom stereocenters. The number of nitrogens with zero attached hydrogens (tertiary/aromatic N) is 3. The highest BCUT2D eigenvalue weighted by molar-refractivity contribution is 5.51. The zero-order valence-electron chi connectivity index (χ0n) is 8.14. The lowest BCUT2D eigenvalue weighted by Gasteiger charge is -1.94. The molecule has 0 spiro atoms. The van der Waals surface area contributed by atoms with Crippen LogP contribution in [0.15, 0.2) is 29.3 Å². The predicted molar refractivity (Wildman–Crippen MR) is 51.6 cm³/mol. The minimum absolute atomic E-state index is 0.297. The summed E-state index contributed by atoms with van der Waals surface area (Å²) in [4.78, 5) is 12.3. The lowest BCUT2D eigenvalue weighted by molar-refractivity contribution is 0.471. The Morgan fingerprint density at radius 1 is 1.29 bits per heavy atom. The molecular weight excluding hydrogens is 178 g/mol. The van der Waals surface area contributed by atoms with Crippen molar-refractivity contribution in [1.82, 2.24) is 15.0 Å². The van der Waals surface area contributed by atoms with Gasteiger partial charge in [-0.3, -0.25) is 0 Å². The van der Waals surface area contributed by atoms with Gasteiger partial charge in [0.25, 0.3) is 0 Å². The van der Waals surface area contributed by atoms with E-state index in [1.807, 2.05) is 19.9 Å². The third-order valence-corrected chi connectivity index (χ3v) is 1.86. The van der Waals surface area contributed by atoms with Crippen molar-refractivity contribution in [2.24, 2.45) is 0 Å². The van der Waals surface area contributed by atoms with E-state index in [0.29, 0.717) is 5.92 Å². The van der Waals surface area contributed by atoms with Crippen molar-refractivity contribution in [3.8, 4) is 11.4 Å². The predicted octanol–water partition coefficient (Wildman–Crippen LogP) is 2.25. The highest BCUT2D eigenvalue weighted by atomic mass is 16.3. The van der Waals surface area contributed by atoms with Gasteiger partial charge in [-0.15, -0.1) is 0 Å². The van der Waals surface area contributed by atoms with Crippen LogP contribution in [0.4, 0.5) is 0 Å². The normalized spacial score (nSPS) is 10.8. The number of oxazole rings is 1. The SMILES string of the molecule is CC(C)c1nc(-c2ccncn2)co1. The fraction of sp³-hybridized carbons (Fsp3) is 0.300. The molecule has 0 saturated heterocycles. The second-order valence-electron chi connectivity index (χ2n) is 3.32. The molecule has 2 heterocycles. The van der Waals surface area contributed by atoms with Gasteiger partial charge in [0.15, 0.2) is 5.89 Å². The maximum Gasteiger partial charge on any atom is 0.197 e. The molecule has 2 aromatic heterocycles. The van der Waals surface area contributed by atoms with Crippen LogP contribution in [0.1, 0.15) is 25.7 Å². The van der Waals surface area contributed by atoms with E-state index in [1.165, 1.54) is 6.33 Å². The van der Waals surface area contributed by atoms with Gasteiger partial charge in [0, 0.05) is 12.1 Å². The molecule has 2 aromatic rings. The van der Waals surface area contributed by atoms with Crippen LogP contribution in [0, 0.1) is 0 Å². The molecule has 0 unspecified atom stereocenters. The van der Waals surface area contributed by atoms with Crippen molar-refractivity contribution < 1.29 is 4.42 Å². The van der Waals surface area contributed by atoms with Crippen molar-refractivity contribution in [3.63, 3.8) is 0 Å². The first kappa shape index (κ1) is 8.87. The number of rotatable bonds is 2. The lowest BCUT2D eigenvalue weighted by atomic mass is 10.2. The summed E-state index contributed by atoms with van der Waals surface area (Å²) in [5, 5.41) is 0. The van der Waals surface area contributed by atoms with Crippen molar-refractivity contribution in [2.45, 2.75) is 19.8 Å². The molecule has 0 saturated carbocycles. The molecular formula is C10H11N3O. The molecule has 2 rings (SSSR count). The highest BCUT2D eigenvalue weighted by Gasteiger charge is 2.09. The molecule has 0 amide bonds. The Bertz CT molecular complexity index is 408. The fourth-order valence-corrected chi connectivity index (χ4v) is 1.11. The molecule has 72 valence electrons. The van der Waals surface area contributed by atoms with Gasteiger partial charge in [0.2, 0.25) is 0 Å². The van der Waals surface area contributed by atoms with Crippen LogP contribution in [0.2, 0.25) is 0 Å². The van der Waals surface area contributed by atoms with Gasteiger partial charge >= 0.3 is 0 Å². The van der Waals surface area contributed by atoms with Crippen LogP contribution in [-0.4, -0.2) is 15.0 Å². The Morgan fingerprint density at radius 3 is 2.71 bits per heavy atom. The third kappa shape index (κ3) is 1.64. The van der Waals surface area contributed by atoms with E-state index in [4.69, 9.17) is 4.42 Å². The summed E-state index contributed by atoms with van der Waals surface area (Å²) in [6.07, 6.45) is 4.81. The largest absolute Gasteiger partial charge is 0.448 e. The Morgan fingerprint density at radius 2 is 2.14 bits per heavy atom. The molecule has 0 aliphatic rings. The molecule has 0 aliphatic heterocycles. The maximum absolute atomic E-state index is 5.31. The average Bonchev–Trinajstić information content (AvgIpc) is 2.68. The van der Waals surface area contributed by atoms with Crippen LogP contribution < -0.4 is 0 Å². The monoisotopic (exact) mass is 189 g/mol. The van der Waals surface area contributed by atoms with E-state index in [1.54, 1.807) is 12.5 Å². The van der Waals surface area contributed by atoms with E-state index < -0.39 is 0 Å². The van der Waals surface area contributed by atoms with Crippen molar-refractivity contribution in [3.05, 3.63) is 30.7 Å². The number of hydrogen-bond donors (Lipinski definition) is 0. The molecule has 0 N–H and O–H groups in total. The van der Waals surface area contributed by atoms with E-state index in [-0.39, 0.29) is 0 Å². The van der Waals surface area contributed by atoms with Crippen molar-refractivity contribution in [1.29, 1.82) is 0 Å². The van der Waals surface area contributed by atoms with Gasteiger partial charge in [-0.2, -0.15) is 0 Å². The van der Waals surface area contributed by atoms with E-state index >= 15 is 0 Å². The molecule has 0 fully saturated rings. The van der Waals surface area contributed by atoms with E-state index in [9.17, 15) is 0 Å². The van der Waals surface area contributed by atoms with Gasteiger partial charge in [-0.05, 0) is 6.07 Å². The van der Waals surface area contributed by atoms with Crippen LogP contribution in [0.5, 0.6) is 0 Å². The Hall–Kier alpha value is -1.71. The summed E-state index contributed by atoms with van der Waals surface area (Å²) in [5.74, 6) is 1.03. The zero-order valence-corrected chi connectivity index (χ0v) is 8.14. The fourth-order valence-electron chi connectivity index (χ4n) is 1.11. The van der Waals surface area contributed by atoms with Gasteiger partial charge in [-0.1, -0.05) is 13.8 Å². The van der Waals surface area contributed by atoms with Crippen molar-refractivity contribution >= 4 is 0 Å². The van der Waals surface area contributed by atoms with E-state index in [0.717, 1.165) is 17.3 Å². The molecule has 0 aliphatic carbocycles. The molecule has 0 radical (unpaired) electrons. The smallest absolute Gasteiger partial charge is 0.197 e. The third-order valence-electron chi connectivity index (χ3n) is 1.86. The lowest BCUT2D eigenvalue weighted by Crippen LogP contribution is -1.88. The molecule has 0 aromatic carbocycles. The Kier molecular flexibility index (Phi) is 2.26. The van der Waals surface area contributed by atoms with Gasteiger partial charge < -0.3 is 4.42 Å². The summed E-state index contributed by atoms with van der Waals surface area (Å²) < 4.78 is 5.31. The average molecular weight is 189 g/mol. The van der Waals surface area contributed by atoms with Gasteiger partial charge in [-0.25, -0.2) is 15.0 Å². The number of hydrogen-bond acceptors (Lipinski definition) is 4. The second-order valence-corrected chi connectivity index (χ2v) is 3.32. The topological polar surface area (TPSA) is 51.8 Å². The van der Waals surface area contributed by atoms with Gasteiger partial charge in [0.1, 0.15) is 18.3 Å². The first-order chi connectivity index (χ1) is 6.77. The van der Waals surface area contributed by atoms with Gasteiger partial charge in [0.05, 0.1) is 5.69 Å². The first-order valence-electron chi connectivity index (χ1n) is 4.49. The minimum atomic E-state index is 0.297. The van der Waals surface area contributed by atoms with Crippen molar-refractivity contribution in [2.75, 3.05) is 0 Å². The van der Waals surface area contributed by atoms with Crippen LogP contribution in [-0.2, 0) is 0 Å². The highest BCUT2D eigenvalue weighted by Crippen LogP contribution is 2.19. The maximum atomic E-state index is 5.31. The Balaban J connectivity index is 2.34.